The molecule has 0 radical (unpaired) electrons. The number of rotatable bonds is 1. The van der Waals surface area contributed by atoms with Crippen LogP contribution in [-0.4, -0.2) is 4.99 Å². The summed E-state index contributed by atoms with van der Waals surface area (Å²) in [5.74, 6) is 0.600. The van der Waals surface area contributed by atoms with Crippen LogP contribution in [0.3, 0.4) is 0 Å². The van der Waals surface area contributed by atoms with E-state index in [0.717, 1.165) is 4.99 Å². The normalized spacial score (nSPS) is 34.6. The zero-order valence-corrected chi connectivity index (χ0v) is 6.91. The first kappa shape index (κ1) is 6.59. The number of hydrogen-bond donors (Lipinski definition) is 1. The minimum absolute atomic E-state index is 0.600. The standard InChI is InChI=1S/C8H13NS/c9-7(10)6-2-1-3-8(6)4-5-8/h6H,1-5H2,(H2,9,10)/t6-/m0/s1. The van der Waals surface area contributed by atoms with Crippen molar-refractivity contribution in [3.05, 3.63) is 0 Å². The summed E-state index contributed by atoms with van der Waals surface area (Å²) in [7, 11) is 0. The first-order valence-electron chi connectivity index (χ1n) is 4.04. The van der Waals surface area contributed by atoms with Crippen molar-refractivity contribution in [1.29, 1.82) is 0 Å². The zero-order chi connectivity index (χ0) is 7.19. The van der Waals surface area contributed by atoms with Crippen LogP contribution in [0.1, 0.15) is 32.1 Å². The summed E-state index contributed by atoms with van der Waals surface area (Å²) >= 11 is 5.02. The second-order valence-corrected chi connectivity index (χ2v) is 4.18. The first-order chi connectivity index (χ1) is 4.75. The first-order valence-corrected chi connectivity index (χ1v) is 4.45. The van der Waals surface area contributed by atoms with Crippen LogP contribution in [0, 0.1) is 11.3 Å². The molecule has 0 saturated heterocycles. The largest absolute Gasteiger partial charge is 0.393 e. The Morgan fingerprint density at radius 1 is 1.40 bits per heavy atom. The Hall–Kier alpha value is -0.110. The fourth-order valence-electron chi connectivity index (χ4n) is 2.34. The van der Waals surface area contributed by atoms with E-state index in [0.29, 0.717) is 11.3 Å². The highest BCUT2D eigenvalue weighted by atomic mass is 32.1. The molecule has 0 aliphatic heterocycles. The fourth-order valence-corrected chi connectivity index (χ4v) is 2.71. The molecule has 0 aromatic carbocycles. The van der Waals surface area contributed by atoms with Crippen molar-refractivity contribution < 1.29 is 0 Å². The molecule has 0 unspecified atom stereocenters. The van der Waals surface area contributed by atoms with Gasteiger partial charge in [-0.05, 0) is 31.1 Å². The third-order valence-corrected chi connectivity index (χ3v) is 3.43. The molecule has 0 aromatic heterocycles. The molecule has 1 spiro atoms. The molecule has 2 saturated carbocycles. The molecule has 2 N–H and O–H groups in total. The lowest BCUT2D eigenvalue weighted by Gasteiger charge is -2.15. The van der Waals surface area contributed by atoms with E-state index in [1.165, 1.54) is 32.1 Å². The van der Waals surface area contributed by atoms with E-state index < -0.39 is 0 Å². The molecular formula is C8H13NS. The van der Waals surface area contributed by atoms with E-state index >= 15 is 0 Å². The summed E-state index contributed by atoms with van der Waals surface area (Å²) < 4.78 is 0. The van der Waals surface area contributed by atoms with E-state index in [2.05, 4.69) is 0 Å². The van der Waals surface area contributed by atoms with E-state index in [1.54, 1.807) is 0 Å². The Labute approximate surface area is 67.0 Å². The highest BCUT2D eigenvalue weighted by molar-refractivity contribution is 7.80. The number of hydrogen-bond acceptors (Lipinski definition) is 1. The molecule has 2 rings (SSSR count). The van der Waals surface area contributed by atoms with Gasteiger partial charge in [0, 0.05) is 5.92 Å². The summed E-state index contributed by atoms with van der Waals surface area (Å²) in [6.07, 6.45) is 6.76. The third kappa shape index (κ3) is 0.782. The third-order valence-electron chi connectivity index (χ3n) is 3.14. The quantitative estimate of drug-likeness (QED) is 0.585. The topological polar surface area (TPSA) is 26.0 Å². The lowest BCUT2D eigenvalue weighted by atomic mass is 9.93. The van der Waals surface area contributed by atoms with Gasteiger partial charge >= 0.3 is 0 Å². The Bertz CT molecular complexity index is 172. The van der Waals surface area contributed by atoms with Crippen LogP contribution in [0.25, 0.3) is 0 Å². The van der Waals surface area contributed by atoms with Crippen LogP contribution in [0.2, 0.25) is 0 Å². The van der Waals surface area contributed by atoms with Crippen molar-refractivity contribution in [3.8, 4) is 0 Å². The molecule has 56 valence electrons. The van der Waals surface area contributed by atoms with E-state index in [4.69, 9.17) is 18.0 Å². The van der Waals surface area contributed by atoms with E-state index in [-0.39, 0.29) is 0 Å². The smallest absolute Gasteiger partial charge is 0.0764 e. The van der Waals surface area contributed by atoms with Crippen molar-refractivity contribution in [1.82, 2.24) is 0 Å². The lowest BCUT2D eigenvalue weighted by Crippen LogP contribution is -2.25. The predicted molar refractivity (Wildman–Crippen MR) is 45.8 cm³/mol. The Kier molecular flexibility index (Phi) is 1.28. The van der Waals surface area contributed by atoms with Crippen LogP contribution in [-0.2, 0) is 0 Å². The summed E-state index contributed by atoms with van der Waals surface area (Å²) in [4.78, 5) is 0.773. The molecule has 2 heteroatoms. The highest BCUT2D eigenvalue weighted by Crippen LogP contribution is 2.61. The molecule has 1 atom stereocenters. The van der Waals surface area contributed by atoms with E-state index in [1.807, 2.05) is 0 Å². The second kappa shape index (κ2) is 1.94. The van der Waals surface area contributed by atoms with Crippen LogP contribution < -0.4 is 5.73 Å². The van der Waals surface area contributed by atoms with Gasteiger partial charge in [0.05, 0.1) is 4.99 Å². The number of thiocarbonyl (C=S) groups is 1. The van der Waals surface area contributed by atoms with Crippen molar-refractivity contribution in [2.45, 2.75) is 32.1 Å². The highest BCUT2D eigenvalue weighted by Gasteiger charge is 2.52. The Morgan fingerprint density at radius 3 is 2.50 bits per heavy atom. The molecule has 2 aliphatic rings. The van der Waals surface area contributed by atoms with Gasteiger partial charge in [0.25, 0.3) is 0 Å². The maximum atomic E-state index is 5.64. The van der Waals surface area contributed by atoms with Gasteiger partial charge < -0.3 is 5.73 Å². The SMILES string of the molecule is NC(=S)[C@@H]1CCCC12CC2. The fraction of sp³-hybridized carbons (Fsp3) is 0.875. The van der Waals surface area contributed by atoms with Crippen LogP contribution >= 0.6 is 12.2 Å². The predicted octanol–water partition coefficient (Wildman–Crippen LogP) is 1.85. The van der Waals surface area contributed by atoms with Crippen molar-refractivity contribution in [2.24, 2.45) is 17.1 Å². The molecule has 0 aromatic rings. The molecule has 0 amide bonds. The summed E-state index contributed by atoms with van der Waals surface area (Å²) in [6, 6.07) is 0. The van der Waals surface area contributed by atoms with E-state index in [9.17, 15) is 0 Å². The van der Waals surface area contributed by atoms with Gasteiger partial charge in [-0.3, -0.25) is 0 Å². The minimum atomic E-state index is 0.600. The average molecular weight is 155 g/mol. The molecule has 10 heavy (non-hydrogen) atoms. The van der Waals surface area contributed by atoms with Gasteiger partial charge in [0.15, 0.2) is 0 Å². The van der Waals surface area contributed by atoms with Crippen molar-refractivity contribution in [2.75, 3.05) is 0 Å². The molecule has 2 fully saturated rings. The molecule has 0 heterocycles. The lowest BCUT2D eigenvalue weighted by molar-refractivity contribution is 0.462. The monoisotopic (exact) mass is 155 g/mol. The molecular weight excluding hydrogens is 142 g/mol. The molecule has 0 bridgehead atoms. The maximum absolute atomic E-state index is 5.64. The maximum Gasteiger partial charge on any atom is 0.0764 e. The minimum Gasteiger partial charge on any atom is -0.393 e. The van der Waals surface area contributed by atoms with Crippen LogP contribution in [0.15, 0.2) is 0 Å². The second-order valence-electron chi connectivity index (χ2n) is 3.71. The molecule has 2 aliphatic carbocycles. The summed E-state index contributed by atoms with van der Waals surface area (Å²) in [5.41, 5.74) is 6.26. The zero-order valence-electron chi connectivity index (χ0n) is 6.10. The van der Waals surface area contributed by atoms with Gasteiger partial charge in [-0.15, -0.1) is 0 Å². The summed E-state index contributed by atoms with van der Waals surface area (Å²) in [6.45, 7) is 0. The average Bonchev–Trinajstić information content (AvgIpc) is 2.42. The van der Waals surface area contributed by atoms with Crippen LogP contribution in [0.4, 0.5) is 0 Å². The Balaban J connectivity index is 2.14. The van der Waals surface area contributed by atoms with Gasteiger partial charge in [-0.1, -0.05) is 18.6 Å². The molecule has 1 nitrogen and oxygen atoms in total. The summed E-state index contributed by atoms with van der Waals surface area (Å²) in [5, 5.41) is 0. The van der Waals surface area contributed by atoms with Gasteiger partial charge in [0.2, 0.25) is 0 Å². The number of nitrogens with two attached hydrogens (primary N) is 1. The van der Waals surface area contributed by atoms with Gasteiger partial charge in [-0.25, -0.2) is 0 Å². The van der Waals surface area contributed by atoms with Crippen LogP contribution in [0.5, 0.6) is 0 Å². The Morgan fingerprint density at radius 2 is 2.10 bits per heavy atom. The van der Waals surface area contributed by atoms with Gasteiger partial charge in [0.1, 0.15) is 0 Å². The van der Waals surface area contributed by atoms with Gasteiger partial charge in [-0.2, -0.15) is 0 Å². The van der Waals surface area contributed by atoms with Crippen molar-refractivity contribution in [3.63, 3.8) is 0 Å². The van der Waals surface area contributed by atoms with Crippen molar-refractivity contribution >= 4 is 17.2 Å².